The van der Waals surface area contributed by atoms with Gasteiger partial charge < -0.3 is 54.1 Å². The van der Waals surface area contributed by atoms with Gasteiger partial charge in [-0.05, 0) is 24.5 Å². The van der Waals surface area contributed by atoms with E-state index in [-0.39, 0.29) is 31.8 Å². The molecule has 0 fully saturated rings. The zero-order valence-electron chi connectivity index (χ0n) is 21.6. The second kappa shape index (κ2) is 15.0. The summed E-state index contributed by atoms with van der Waals surface area (Å²) >= 11 is 0. The van der Waals surface area contributed by atoms with Crippen LogP contribution < -0.4 is 38.9 Å². The number of primary amides is 1. The van der Waals surface area contributed by atoms with Gasteiger partial charge in [-0.3, -0.25) is 24.2 Å². The van der Waals surface area contributed by atoms with Gasteiger partial charge in [0.2, 0.25) is 23.6 Å². The lowest BCUT2D eigenvalue weighted by molar-refractivity contribution is -0.142. The van der Waals surface area contributed by atoms with Crippen LogP contribution in [-0.4, -0.2) is 88.1 Å². The van der Waals surface area contributed by atoms with Crippen LogP contribution in [0.5, 0.6) is 0 Å². The molecule has 14 N–H and O–H groups in total. The Balaban J connectivity index is 2.23. The smallest absolute Gasteiger partial charge is 0.326 e. The van der Waals surface area contributed by atoms with Crippen molar-refractivity contribution in [3.05, 3.63) is 36.0 Å². The van der Waals surface area contributed by atoms with E-state index in [1.54, 1.807) is 18.3 Å². The fourth-order valence-electron chi connectivity index (χ4n) is 3.82. The number of carboxylic acid groups (broad SMARTS) is 1. The van der Waals surface area contributed by atoms with Gasteiger partial charge in [0.15, 0.2) is 5.96 Å². The number of guanidine groups is 1. The van der Waals surface area contributed by atoms with E-state index < -0.39 is 66.8 Å². The van der Waals surface area contributed by atoms with Crippen LogP contribution in [0.4, 0.5) is 0 Å². The minimum Gasteiger partial charge on any atom is -0.480 e. The number of hydrogen-bond donors (Lipinski definition) is 10. The van der Waals surface area contributed by atoms with Crippen LogP contribution in [0, 0.1) is 0 Å². The minimum absolute atomic E-state index is 0.00131. The third-order valence-corrected chi connectivity index (χ3v) is 5.87. The molecule has 1 heterocycles. The monoisotopic (exact) mass is 561 g/mol. The topological polar surface area (TPSA) is 294 Å². The first-order chi connectivity index (χ1) is 18.9. The predicted molar refractivity (Wildman–Crippen MR) is 144 cm³/mol. The van der Waals surface area contributed by atoms with Gasteiger partial charge in [0.05, 0.1) is 19.1 Å². The molecule has 1 aromatic carbocycles. The van der Waals surface area contributed by atoms with Crippen LogP contribution in [0.2, 0.25) is 0 Å². The van der Waals surface area contributed by atoms with Gasteiger partial charge in [-0.2, -0.15) is 0 Å². The number of aliphatic imine (C=N–C) groups is 1. The number of aromatic nitrogens is 1. The Morgan fingerprint density at radius 1 is 0.925 bits per heavy atom. The highest BCUT2D eigenvalue weighted by atomic mass is 16.4. The molecule has 0 aliphatic rings. The normalized spacial score (nSPS) is 13.8. The summed E-state index contributed by atoms with van der Waals surface area (Å²) in [5.41, 5.74) is 22.6. The molecule has 40 heavy (non-hydrogen) atoms. The Kier molecular flexibility index (Phi) is 11.8. The van der Waals surface area contributed by atoms with Crippen molar-refractivity contribution in [2.75, 3.05) is 13.2 Å². The number of carboxylic acids is 1. The van der Waals surface area contributed by atoms with Crippen molar-refractivity contribution in [2.45, 2.75) is 49.9 Å². The number of nitrogens with one attached hydrogen (secondary N) is 4. The van der Waals surface area contributed by atoms with Crippen LogP contribution in [0.15, 0.2) is 35.5 Å². The summed E-state index contributed by atoms with van der Waals surface area (Å²) in [6, 6.07) is 1.71. The number of hydrogen-bond acceptors (Lipinski definition) is 8. The Morgan fingerprint density at radius 2 is 1.55 bits per heavy atom. The Hall–Kier alpha value is -4.70. The molecule has 2 aromatic rings. The molecule has 16 nitrogen and oxygen atoms in total. The molecule has 0 radical (unpaired) electrons. The second-order valence-electron chi connectivity index (χ2n) is 8.99. The standard InChI is InChI=1S/C24H35N9O7/c25-14(9-19(26)35)20(36)33-18(11-34)22(38)32-17(8-12-10-30-15-5-2-1-4-13(12)15)21(37)31-16(23(39)40)6-3-7-29-24(27)28/h1-2,4-5,10,14,16-18,30,34H,3,6-9,11,25H2,(H2,26,35)(H,31,37)(H,32,38)(H,33,36)(H,39,40)(H4,27,28,29). The maximum atomic E-state index is 13.3. The average molecular weight is 562 g/mol. The number of fused-ring (bicyclic) bond motifs is 1. The number of amides is 4. The van der Waals surface area contributed by atoms with Crippen molar-refractivity contribution in [3.8, 4) is 0 Å². The summed E-state index contributed by atoms with van der Waals surface area (Å²) in [4.78, 5) is 68.2. The summed E-state index contributed by atoms with van der Waals surface area (Å²) in [6.07, 6.45) is 1.35. The molecular formula is C24H35N9O7. The number of aliphatic hydroxyl groups excluding tert-OH is 1. The van der Waals surface area contributed by atoms with E-state index in [0.29, 0.717) is 5.56 Å². The highest BCUT2D eigenvalue weighted by molar-refractivity contribution is 5.95. The maximum Gasteiger partial charge on any atom is 0.326 e. The first-order valence-electron chi connectivity index (χ1n) is 12.3. The zero-order chi connectivity index (χ0) is 29.8. The van der Waals surface area contributed by atoms with Crippen LogP contribution >= 0.6 is 0 Å². The number of para-hydroxylation sites is 1. The van der Waals surface area contributed by atoms with Gasteiger partial charge in [0.1, 0.15) is 18.1 Å². The van der Waals surface area contributed by atoms with Crippen molar-refractivity contribution < 1.29 is 34.2 Å². The number of rotatable bonds is 16. The summed E-state index contributed by atoms with van der Waals surface area (Å²) in [5.74, 6) is -4.98. The molecule has 0 bridgehead atoms. The lowest BCUT2D eigenvalue weighted by atomic mass is 10.0. The van der Waals surface area contributed by atoms with Gasteiger partial charge in [-0.1, -0.05) is 18.2 Å². The van der Waals surface area contributed by atoms with Crippen molar-refractivity contribution in [3.63, 3.8) is 0 Å². The fraction of sp³-hybridized carbons (Fsp3) is 0.417. The van der Waals surface area contributed by atoms with E-state index in [1.165, 1.54) is 0 Å². The number of nitrogens with zero attached hydrogens (tertiary/aromatic N) is 1. The SMILES string of the molecule is NC(=O)CC(N)C(=O)NC(CO)C(=O)NC(Cc1c[nH]c2ccccc12)C(=O)NC(CCCN=C(N)N)C(=O)O. The van der Waals surface area contributed by atoms with E-state index in [4.69, 9.17) is 22.9 Å². The summed E-state index contributed by atoms with van der Waals surface area (Å²) < 4.78 is 0. The third kappa shape index (κ3) is 9.55. The summed E-state index contributed by atoms with van der Waals surface area (Å²) in [7, 11) is 0. The molecule has 0 aliphatic heterocycles. The summed E-state index contributed by atoms with van der Waals surface area (Å²) in [6.45, 7) is -0.710. The van der Waals surface area contributed by atoms with E-state index in [2.05, 4.69) is 25.9 Å². The largest absolute Gasteiger partial charge is 0.480 e. The second-order valence-corrected chi connectivity index (χ2v) is 8.99. The van der Waals surface area contributed by atoms with Crippen molar-refractivity contribution >= 4 is 46.5 Å². The predicted octanol–water partition coefficient (Wildman–Crippen LogP) is -3.50. The van der Waals surface area contributed by atoms with Crippen LogP contribution in [-0.2, 0) is 30.4 Å². The van der Waals surface area contributed by atoms with Gasteiger partial charge in [0.25, 0.3) is 0 Å². The quantitative estimate of drug-likeness (QED) is 0.0547. The molecule has 0 saturated carbocycles. The summed E-state index contributed by atoms with van der Waals surface area (Å²) in [5, 5.41) is 27.2. The van der Waals surface area contributed by atoms with Crippen LogP contribution in [0.25, 0.3) is 10.9 Å². The van der Waals surface area contributed by atoms with E-state index >= 15 is 0 Å². The fourth-order valence-corrected chi connectivity index (χ4v) is 3.82. The molecule has 4 unspecified atom stereocenters. The number of carbonyl (C=O) groups excluding carboxylic acids is 4. The number of aromatic amines is 1. The van der Waals surface area contributed by atoms with Crippen molar-refractivity contribution in [1.82, 2.24) is 20.9 Å². The lowest BCUT2D eigenvalue weighted by Crippen LogP contribution is -2.58. The highest BCUT2D eigenvalue weighted by Crippen LogP contribution is 2.19. The molecule has 0 saturated heterocycles. The molecule has 0 aliphatic carbocycles. The van der Waals surface area contributed by atoms with Crippen LogP contribution in [0.1, 0.15) is 24.8 Å². The van der Waals surface area contributed by atoms with Gasteiger partial charge in [-0.25, -0.2) is 4.79 Å². The molecule has 16 heteroatoms. The van der Waals surface area contributed by atoms with E-state index in [9.17, 15) is 34.2 Å². The molecule has 0 spiro atoms. The van der Waals surface area contributed by atoms with Gasteiger partial charge in [0, 0.05) is 30.1 Å². The van der Waals surface area contributed by atoms with E-state index in [0.717, 1.165) is 10.9 Å². The first kappa shape index (κ1) is 31.5. The third-order valence-electron chi connectivity index (χ3n) is 5.87. The molecule has 218 valence electrons. The minimum atomic E-state index is -1.53. The van der Waals surface area contributed by atoms with Crippen molar-refractivity contribution in [2.24, 2.45) is 27.9 Å². The van der Waals surface area contributed by atoms with Crippen LogP contribution in [0.3, 0.4) is 0 Å². The number of benzene rings is 1. The molecule has 2 rings (SSSR count). The highest BCUT2D eigenvalue weighted by Gasteiger charge is 2.31. The number of carbonyl (C=O) groups is 5. The first-order valence-corrected chi connectivity index (χ1v) is 12.3. The number of aliphatic carboxylic acids is 1. The zero-order valence-corrected chi connectivity index (χ0v) is 21.6. The Morgan fingerprint density at radius 3 is 2.17 bits per heavy atom. The van der Waals surface area contributed by atoms with Crippen molar-refractivity contribution in [1.29, 1.82) is 0 Å². The molecule has 1 aromatic heterocycles. The van der Waals surface area contributed by atoms with E-state index in [1.807, 2.05) is 12.1 Å². The maximum absolute atomic E-state index is 13.3. The number of H-pyrrole nitrogens is 1. The van der Waals surface area contributed by atoms with Gasteiger partial charge in [-0.15, -0.1) is 0 Å². The Bertz CT molecular complexity index is 1240. The lowest BCUT2D eigenvalue weighted by Gasteiger charge is -2.24. The number of nitrogens with two attached hydrogens (primary N) is 4. The Labute approximate surface area is 228 Å². The molecular weight excluding hydrogens is 526 g/mol. The molecule has 4 amide bonds. The average Bonchev–Trinajstić information content (AvgIpc) is 3.30. The molecule has 4 atom stereocenters. The van der Waals surface area contributed by atoms with Gasteiger partial charge >= 0.3 is 5.97 Å². The number of aliphatic hydroxyl groups is 1.